The second-order valence-corrected chi connectivity index (χ2v) is 7.21. The third kappa shape index (κ3) is 3.02. The summed E-state index contributed by atoms with van der Waals surface area (Å²) in [5, 5.41) is 9.15. The number of aromatic nitrogens is 3. The van der Waals surface area contributed by atoms with Gasteiger partial charge in [0.15, 0.2) is 11.3 Å². The Morgan fingerprint density at radius 3 is 2.58 bits per heavy atom. The third-order valence-electron chi connectivity index (χ3n) is 3.67. The molecular weight excluding hydrogens is 360 g/mol. The first-order valence-corrected chi connectivity index (χ1v) is 8.90. The van der Waals surface area contributed by atoms with Crippen LogP contribution >= 0.6 is 0 Å². The Balaban J connectivity index is 2.02. The van der Waals surface area contributed by atoms with Gasteiger partial charge in [0.2, 0.25) is 0 Å². The molecular formula is C16H14N4O5S. The highest BCUT2D eigenvalue weighted by Gasteiger charge is 2.26. The fourth-order valence-electron chi connectivity index (χ4n) is 2.54. The van der Waals surface area contributed by atoms with E-state index in [1.165, 1.54) is 18.5 Å². The van der Waals surface area contributed by atoms with E-state index in [2.05, 4.69) is 9.97 Å². The smallest absolute Gasteiger partial charge is 0.337 e. The number of carboxylic acids is 1. The standard InChI is InChI=1S/C16H14N4O5S/c1-9-7-10(2)20-8-17-13(14(20)18-9)15(21)19-26(24,25)12-6-4-3-5-11(12)16(22)23/h3-8H,1-2H3,(H,19,21)(H,22,23). The molecule has 2 heterocycles. The topological polar surface area (TPSA) is 131 Å². The van der Waals surface area contributed by atoms with Crippen molar-refractivity contribution in [2.45, 2.75) is 18.7 Å². The third-order valence-corrected chi connectivity index (χ3v) is 5.06. The maximum absolute atomic E-state index is 12.5. The molecule has 0 saturated heterocycles. The van der Waals surface area contributed by atoms with E-state index in [4.69, 9.17) is 5.11 Å². The van der Waals surface area contributed by atoms with Gasteiger partial charge < -0.3 is 5.11 Å². The zero-order chi connectivity index (χ0) is 19.1. The molecule has 1 aromatic carbocycles. The normalized spacial score (nSPS) is 11.5. The number of carbonyl (C=O) groups is 2. The highest BCUT2D eigenvalue weighted by atomic mass is 32.2. The number of aryl methyl sites for hydroxylation is 2. The van der Waals surface area contributed by atoms with Gasteiger partial charge in [-0.1, -0.05) is 12.1 Å². The van der Waals surface area contributed by atoms with Crippen molar-refractivity contribution in [3.8, 4) is 0 Å². The molecule has 0 fully saturated rings. The fourth-order valence-corrected chi connectivity index (χ4v) is 3.69. The molecule has 26 heavy (non-hydrogen) atoms. The Hall–Kier alpha value is -3.27. The minimum atomic E-state index is -4.41. The van der Waals surface area contributed by atoms with Crippen LogP contribution in [0.25, 0.3) is 5.65 Å². The van der Waals surface area contributed by atoms with Crippen LogP contribution in [0.2, 0.25) is 0 Å². The first-order valence-electron chi connectivity index (χ1n) is 7.41. The number of hydrogen-bond acceptors (Lipinski definition) is 6. The van der Waals surface area contributed by atoms with Crippen molar-refractivity contribution in [3.63, 3.8) is 0 Å². The van der Waals surface area contributed by atoms with Gasteiger partial charge in [-0.25, -0.2) is 27.9 Å². The Bertz CT molecular complexity index is 1150. The number of benzene rings is 1. The van der Waals surface area contributed by atoms with Crippen LogP contribution in [-0.4, -0.2) is 39.8 Å². The molecule has 134 valence electrons. The molecule has 9 nitrogen and oxygen atoms in total. The molecule has 0 bridgehead atoms. The van der Waals surface area contributed by atoms with Gasteiger partial charge in [0.1, 0.15) is 11.2 Å². The lowest BCUT2D eigenvalue weighted by Gasteiger charge is -2.08. The second-order valence-electron chi connectivity index (χ2n) is 5.56. The van der Waals surface area contributed by atoms with E-state index in [1.807, 2.05) is 4.72 Å². The zero-order valence-electron chi connectivity index (χ0n) is 13.8. The average Bonchev–Trinajstić information content (AvgIpc) is 2.98. The fraction of sp³-hybridized carbons (Fsp3) is 0.125. The summed E-state index contributed by atoms with van der Waals surface area (Å²) in [7, 11) is -4.41. The van der Waals surface area contributed by atoms with Crippen molar-refractivity contribution in [2.75, 3.05) is 0 Å². The number of hydrogen-bond donors (Lipinski definition) is 2. The van der Waals surface area contributed by atoms with Crippen molar-refractivity contribution in [3.05, 3.63) is 59.3 Å². The molecule has 0 aliphatic heterocycles. The van der Waals surface area contributed by atoms with Gasteiger partial charge in [0.05, 0.1) is 5.56 Å². The lowest BCUT2D eigenvalue weighted by Crippen LogP contribution is -2.32. The van der Waals surface area contributed by atoms with Crippen LogP contribution in [-0.2, 0) is 10.0 Å². The van der Waals surface area contributed by atoms with Gasteiger partial charge in [0, 0.05) is 11.4 Å². The number of nitrogens with one attached hydrogen (secondary N) is 1. The lowest BCUT2D eigenvalue weighted by atomic mass is 10.2. The van der Waals surface area contributed by atoms with Crippen LogP contribution in [0.4, 0.5) is 0 Å². The summed E-state index contributed by atoms with van der Waals surface area (Å²) in [4.78, 5) is 31.3. The summed E-state index contributed by atoms with van der Waals surface area (Å²) in [6.07, 6.45) is 1.36. The highest BCUT2D eigenvalue weighted by molar-refractivity contribution is 7.90. The van der Waals surface area contributed by atoms with Crippen LogP contribution in [0.5, 0.6) is 0 Å². The van der Waals surface area contributed by atoms with E-state index in [-0.39, 0.29) is 11.3 Å². The molecule has 0 radical (unpaired) electrons. The van der Waals surface area contributed by atoms with Crippen molar-refractivity contribution >= 4 is 27.5 Å². The highest BCUT2D eigenvalue weighted by Crippen LogP contribution is 2.17. The summed E-state index contributed by atoms with van der Waals surface area (Å²) in [5.41, 5.74) is 1.02. The molecule has 0 saturated carbocycles. The molecule has 10 heteroatoms. The van der Waals surface area contributed by atoms with Crippen molar-refractivity contribution in [2.24, 2.45) is 0 Å². The number of carboxylic acid groups (broad SMARTS) is 1. The minimum absolute atomic E-state index is 0.173. The van der Waals surface area contributed by atoms with E-state index in [1.54, 1.807) is 24.3 Å². The van der Waals surface area contributed by atoms with E-state index in [0.717, 1.165) is 17.8 Å². The van der Waals surface area contributed by atoms with Crippen LogP contribution in [0.3, 0.4) is 0 Å². The van der Waals surface area contributed by atoms with Gasteiger partial charge >= 0.3 is 5.97 Å². The van der Waals surface area contributed by atoms with Crippen molar-refractivity contribution < 1.29 is 23.1 Å². The molecule has 0 unspecified atom stereocenters. The predicted molar refractivity (Wildman–Crippen MR) is 90.5 cm³/mol. The molecule has 2 aromatic heterocycles. The number of amides is 1. The predicted octanol–water partition coefficient (Wildman–Crippen LogP) is 1.16. The summed E-state index contributed by atoms with van der Waals surface area (Å²) < 4.78 is 28.4. The molecule has 3 aromatic rings. The van der Waals surface area contributed by atoms with Crippen molar-refractivity contribution in [1.82, 2.24) is 19.1 Å². The van der Waals surface area contributed by atoms with Crippen LogP contribution in [0.15, 0.2) is 41.6 Å². The summed E-state index contributed by atoms with van der Waals surface area (Å²) in [5.74, 6) is -2.41. The number of sulfonamides is 1. The second kappa shape index (κ2) is 6.23. The van der Waals surface area contributed by atoms with E-state index in [0.29, 0.717) is 5.69 Å². The Morgan fingerprint density at radius 2 is 1.88 bits per heavy atom. The van der Waals surface area contributed by atoms with Gasteiger partial charge in [0.25, 0.3) is 15.9 Å². The van der Waals surface area contributed by atoms with Gasteiger partial charge in [-0.2, -0.15) is 0 Å². The molecule has 0 atom stereocenters. The van der Waals surface area contributed by atoms with Crippen molar-refractivity contribution in [1.29, 1.82) is 0 Å². The van der Waals surface area contributed by atoms with E-state index >= 15 is 0 Å². The number of fused-ring (bicyclic) bond motifs is 1. The summed E-state index contributed by atoms with van der Waals surface area (Å²) in [6, 6.07) is 6.79. The van der Waals surface area contributed by atoms with E-state index < -0.39 is 32.4 Å². The lowest BCUT2D eigenvalue weighted by molar-refractivity contribution is 0.0692. The molecule has 0 aliphatic rings. The number of nitrogens with zero attached hydrogens (tertiary/aromatic N) is 3. The number of rotatable bonds is 4. The van der Waals surface area contributed by atoms with Crippen LogP contribution < -0.4 is 4.72 Å². The SMILES string of the molecule is Cc1cc(C)n2cnc(C(=O)NS(=O)(=O)c3ccccc3C(=O)O)c2n1. The number of aromatic carboxylic acids is 1. The number of carbonyl (C=O) groups excluding carboxylic acids is 1. The van der Waals surface area contributed by atoms with Crippen LogP contribution in [0.1, 0.15) is 32.2 Å². The molecule has 0 aliphatic carbocycles. The first-order chi connectivity index (χ1) is 12.2. The Morgan fingerprint density at radius 1 is 1.19 bits per heavy atom. The van der Waals surface area contributed by atoms with Crippen LogP contribution in [0, 0.1) is 13.8 Å². The average molecular weight is 374 g/mol. The Labute approximate surface area is 148 Å². The summed E-state index contributed by atoms with van der Waals surface area (Å²) >= 11 is 0. The zero-order valence-corrected chi connectivity index (χ0v) is 14.6. The monoisotopic (exact) mass is 374 g/mol. The Kier molecular flexibility index (Phi) is 4.20. The largest absolute Gasteiger partial charge is 0.478 e. The molecule has 2 N–H and O–H groups in total. The molecule has 0 spiro atoms. The first kappa shape index (κ1) is 17.5. The van der Waals surface area contributed by atoms with E-state index in [9.17, 15) is 18.0 Å². The summed E-state index contributed by atoms with van der Waals surface area (Å²) in [6.45, 7) is 3.53. The maximum Gasteiger partial charge on any atom is 0.337 e. The minimum Gasteiger partial charge on any atom is -0.478 e. The molecule has 3 rings (SSSR count). The maximum atomic E-state index is 12.5. The van der Waals surface area contributed by atoms with Gasteiger partial charge in [-0.15, -0.1) is 0 Å². The van der Waals surface area contributed by atoms with Gasteiger partial charge in [-0.3, -0.25) is 9.20 Å². The quantitative estimate of drug-likeness (QED) is 0.700. The number of imidazole rings is 1. The molecule has 1 amide bonds. The van der Waals surface area contributed by atoms with Gasteiger partial charge in [-0.05, 0) is 32.0 Å².